The first-order valence-electron chi connectivity index (χ1n) is 13.5. The van der Waals surface area contributed by atoms with Crippen molar-refractivity contribution in [3.63, 3.8) is 0 Å². The molecule has 184 valence electrons. The zero-order valence-corrected chi connectivity index (χ0v) is 22.2. The number of aromatic hydroxyl groups is 1. The maximum Gasteiger partial charge on any atom is 0.302 e. The summed E-state index contributed by atoms with van der Waals surface area (Å²) >= 11 is 3.53. The monoisotopic (exact) mass is 518 g/mol. The van der Waals surface area contributed by atoms with Gasteiger partial charge in [-0.1, -0.05) is 67.4 Å². The number of phenols is 1. The Bertz CT molecular complexity index is 808. The van der Waals surface area contributed by atoms with E-state index in [9.17, 15) is 9.90 Å². The first kappa shape index (κ1) is 25.1. The molecule has 2 fully saturated rings. The van der Waals surface area contributed by atoms with Gasteiger partial charge in [0, 0.05) is 17.7 Å². The van der Waals surface area contributed by atoms with Gasteiger partial charge in [0.1, 0.15) is 11.9 Å². The van der Waals surface area contributed by atoms with Crippen LogP contribution in [0, 0.1) is 23.2 Å². The van der Waals surface area contributed by atoms with Gasteiger partial charge in [-0.05, 0) is 91.9 Å². The molecule has 4 heteroatoms. The van der Waals surface area contributed by atoms with Crippen LogP contribution in [0.2, 0.25) is 0 Å². The summed E-state index contributed by atoms with van der Waals surface area (Å²) in [5, 5.41) is 11.3. The van der Waals surface area contributed by atoms with Crippen LogP contribution in [0.1, 0.15) is 108 Å². The molecule has 2 saturated carbocycles. The number of esters is 1. The number of fused-ring (bicyclic) bond motifs is 5. The van der Waals surface area contributed by atoms with Crippen molar-refractivity contribution < 1.29 is 14.6 Å². The van der Waals surface area contributed by atoms with Gasteiger partial charge in [-0.25, -0.2) is 0 Å². The minimum Gasteiger partial charge on any atom is -0.508 e. The molecule has 33 heavy (non-hydrogen) atoms. The number of benzene rings is 1. The summed E-state index contributed by atoms with van der Waals surface area (Å²) in [6.07, 6.45) is 16.4. The van der Waals surface area contributed by atoms with E-state index >= 15 is 0 Å². The number of hydrogen-bond donors (Lipinski definition) is 1. The third-order valence-corrected chi connectivity index (χ3v) is 9.88. The van der Waals surface area contributed by atoms with Crippen LogP contribution in [-0.2, 0) is 16.0 Å². The van der Waals surface area contributed by atoms with Crippen molar-refractivity contribution in [3.8, 4) is 5.75 Å². The van der Waals surface area contributed by atoms with E-state index in [2.05, 4.69) is 28.9 Å². The third-order valence-electron chi connectivity index (χ3n) is 9.31. The van der Waals surface area contributed by atoms with Gasteiger partial charge in [0.15, 0.2) is 0 Å². The lowest BCUT2D eigenvalue weighted by atomic mass is 9.52. The van der Waals surface area contributed by atoms with Gasteiger partial charge in [0.25, 0.3) is 0 Å². The molecule has 6 unspecified atom stereocenters. The summed E-state index contributed by atoms with van der Waals surface area (Å²) in [7, 11) is 0. The highest BCUT2D eigenvalue weighted by atomic mass is 79.9. The lowest BCUT2D eigenvalue weighted by molar-refractivity contribution is -0.155. The second kappa shape index (κ2) is 11.1. The van der Waals surface area contributed by atoms with Crippen LogP contribution >= 0.6 is 15.9 Å². The van der Waals surface area contributed by atoms with Crippen molar-refractivity contribution >= 4 is 21.9 Å². The molecule has 6 atom stereocenters. The van der Waals surface area contributed by atoms with Crippen LogP contribution in [0.25, 0.3) is 0 Å². The molecule has 1 aromatic carbocycles. The Balaban J connectivity index is 1.46. The number of phenolic OH excluding ortho intramolecular Hbond substituents is 1. The van der Waals surface area contributed by atoms with Gasteiger partial charge in [-0.3, -0.25) is 4.79 Å². The minimum atomic E-state index is -0.124. The predicted molar refractivity (Wildman–Crippen MR) is 138 cm³/mol. The van der Waals surface area contributed by atoms with E-state index in [0.29, 0.717) is 29.4 Å². The van der Waals surface area contributed by atoms with Crippen LogP contribution in [0.3, 0.4) is 0 Å². The fraction of sp³-hybridized carbons (Fsp3) is 0.759. The maximum atomic E-state index is 11.8. The van der Waals surface area contributed by atoms with Crippen LogP contribution in [0.5, 0.6) is 5.75 Å². The van der Waals surface area contributed by atoms with E-state index in [0.717, 1.165) is 24.6 Å². The average molecular weight is 520 g/mol. The summed E-state index contributed by atoms with van der Waals surface area (Å²) in [5.74, 6) is 2.88. The zero-order chi connectivity index (χ0) is 23.4. The van der Waals surface area contributed by atoms with E-state index in [1.165, 1.54) is 75.3 Å². The van der Waals surface area contributed by atoms with Crippen LogP contribution in [0.15, 0.2) is 18.2 Å². The highest BCUT2D eigenvalue weighted by molar-refractivity contribution is 9.09. The van der Waals surface area contributed by atoms with Gasteiger partial charge < -0.3 is 9.84 Å². The van der Waals surface area contributed by atoms with Crippen molar-refractivity contribution in [1.29, 1.82) is 0 Å². The molecular weight excluding hydrogens is 476 g/mol. The first-order valence-corrected chi connectivity index (χ1v) is 14.6. The summed E-state index contributed by atoms with van der Waals surface area (Å²) in [4.78, 5) is 11.8. The Hall–Kier alpha value is -1.03. The number of carbonyl (C=O) groups excluding carboxylic acids is 1. The summed E-state index contributed by atoms with van der Waals surface area (Å²) in [5.41, 5.74) is 2.99. The van der Waals surface area contributed by atoms with Crippen molar-refractivity contribution in [3.05, 3.63) is 29.3 Å². The standard InChI is InChI=1S/C29H43BrO3/c1-20(31)33-27-14-13-26-28-21(10-8-6-4-3-5-7-9-17-30)18-22-19-23(32)11-12-24(22)25(28)15-16-29(26,27)2/h11-12,19,21,25-28,32H,3-10,13-18H2,1-2H3. The SMILES string of the molecule is CC(=O)OC1CCC2C3C(CCCCCCCCCBr)Cc4cc(O)ccc4C3CCC12C. The minimum absolute atomic E-state index is 0.0855. The Morgan fingerprint density at radius 3 is 2.55 bits per heavy atom. The normalized spacial score (nSPS) is 32.6. The Kier molecular flexibility index (Phi) is 8.46. The summed E-state index contributed by atoms with van der Waals surface area (Å²) in [6.45, 7) is 3.97. The average Bonchev–Trinajstić information content (AvgIpc) is 3.10. The fourth-order valence-corrected chi connectivity index (χ4v) is 8.19. The van der Waals surface area contributed by atoms with Crippen molar-refractivity contribution in [1.82, 2.24) is 0 Å². The molecule has 0 spiro atoms. The van der Waals surface area contributed by atoms with Crippen LogP contribution in [-0.4, -0.2) is 22.5 Å². The molecule has 0 heterocycles. The molecule has 0 aromatic heterocycles. The first-order chi connectivity index (χ1) is 15.9. The van der Waals surface area contributed by atoms with Crippen molar-refractivity contribution in [2.24, 2.45) is 23.2 Å². The van der Waals surface area contributed by atoms with E-state index < -0.39 is 0 Å². The third kappa shape index (κ3) is 5.46. The maximum absolute atomic E-state index is 11.8. The summed E-state index contributed by atoms with van der Waals surface area (Å²) in [6, 6.07) is 6.12. The number of carbonyl (C=O) groups is 1. The number of alkyl halides is 1. The number of unbranched alkanes of at least 4 members (excludes halogenated alkanes) is 6. The van der Waals surface area contributed by atoms with Crippen molar-refractivity contribution in [2.75, 3.05) is 5.33 Å². The molecular formula is C29H43BrO3. The molecule has 3 aliphatic carbocycles. The molecule has 1 aromatic rings. The fourth-order valence-electron chi connectivity index (χ4n) is 7.79. The lowest BCUT2D eigenvalue weighted by Crippen LogP contribution is -2.48. The highest BCUT2D eigenvalue weighted by Gasteiger charge is 2.57. The van der Waals surface area contributed by atoms with Crippen LogP contribution in [0.4, 0.5) is 0 Å². The van der Waals surface area contributed by atoms with Gasteiger partial charge >= 0.3 is 5.97 Å². The number of hydrogen-bond acceptors (Lipinski definition) is 3. The Morgan fingerprint density at radius 2 is 1.82 bits per heavy atom. The van der Waals surface area contributed by atoms with Gasteiger partial charge in [-0.2, -0.15) is 0 Å². The number of halogens is 1. The van der Waals surface area contributed by atoms with E-state index in [1.807, 2.05) is 12.1 Å². The van der Waals surface area contributed by atoms with Crippen LogP contribution < -0.4 is 0 Å². The molecule has 0 saturated heterocycles. The molecule has 0 amide bonds. The molecule has 0 radical (unpaired) electrons. The Morgan fingerprint density at radius 1 is 1.09 bits per heavy atom. The predicted octanol–water partition coefficient (Wildman–Crippen LogP) is 7.92. The van der Waals surface area contributed by atoms with Gasteiger partial charge in [0.2, 0.25) is 0 Å². The topological polar surface area (TPSA) is 46.5 Å². The number of ether oxygens (including phenoxy) is 1. The molecule has 1 N–H and O–H groups in total. The summed E-state index contributed by atoms with van der Waals surface area (Å²) < 4.78 is 5.86. The van der Waals surface area contributed by atoms with E-state index in [-0.39, 0.29) is 17.5 Å². The Labute approximate surface area is 209 Å². The molecule has 3 nitrogen and oxygen atoms in total. The molecule has 3 aliphatic rings. The zero-order valence-electron chi connectivity index (χ0n) is 20.7. The number of rotatable bonds is 10. The van der Waals surface area contributed by atoms with E-state index in [4.69, 9.17) is 4.74 Å². The van der Waals surface area contributed by atoms with E-state index in [1.54, 1.807) is 6.92 Å². The smallest absolute Gasteiger partial charge is 0.302 e. The van der Waals surface area contributed by atoms with Gasteiger partial charge in [0.05, 0.1) is 0 Å². The lowest BCUT2D eigenvalue weighted by Gasteiger charge is -2.53. The van der Waals surface area contributed by atoms with Gasteiger partial charge in [-0.15, -0.1) is 0 Å². The van der Waals surface area contributed by atoms with Crippen molar-refractivity contribution in [2.45, 2.75) is 109 Å². The molecule has 0 aliphatic heterocycles. The second-order valence-corrected chi connectivity index (χ2v) is 12.1. The molecule has 4 rings (SSSR count). The highest BCUT2D eigenvalue weighted by Crippen LogP contribution is 2.63. The largest absolute Gasteiger partial charge is 0.508 e. The molecule has 0 bridgehead atoms. The quantitative estimate of drug-likeness (QED) is 0.194. The second-order valence-electron chi connectivity index (χ2n) is 11.3.